The van der Waals surface area contributed by atoms with Gasteiger partial charge in [-0.25, -0.2) is 0 Å². The van der Waals surface area contributed by atoms with Gasteiger partial charge in [0.2, 0.25) is 5.89 Å². The zero-order valence-electron chi connectivity index (χ0n) is 12.5. The Hall–Kier alpha value is -1.08. The highest BCUT2D eigenvalue weighted by atomic mass is 79.9. The van der Waals surface area contributed by atoms with E-state index in [1.165, 1.54) is 0 Å². The molecule has 0 bridgehead atoms. The summed E-state index contributed by atoms with van der Waals surface area (Å²) < 4.78 is 11.0. The molecular formula is C15H19Br2N3O2. The maximum atomic E-state index is 5.83. The second-order valence-electron chi connectivity index (χ2n) is 4.69. The molecule has 0 spiro atoms. The van der Waals surface area contributed by atoms with Crippen LogP contribution in [0.2, 0.25) is 0 Å². The van der Waals surface area contributed by atoms with Crippen molar-refractivity contribution in [3.8, 4) is 17.2 Å². The van der Waals surface area contributed by atoms with Crippen molar-refractivity contribution < 1.29 is 9.15 Å². The molecule has 2 aromatic rings. The first-order valence-corrected chi connectivity index (χ1v) is 9.37. The number of benzene rings is 1. The minimum atomic E-state index is 0.528. The molecule has 0 saturated heterocycles. The first-order valence-electron chi connectivity index (χ1n) is 7.13. The molecule has 0 aliphatic rings. The van der Waals surface area contributed by atoms with Crippen LogP contribution in [0.4, 0.5) is 6.01 Å². The Morgan fingerprint density at radius 2 is 1.68 bits per heavy atom. The first-order chi connectivity index (χ1) is 10.8. The molecule has 0 N–H and O–H groups in total. The maximum Gasteiger partial charge on any atom is 0.318 e. The first kappa shape index (κ1) is 17.3. The van der Waals surface area contributed by atoms with E-state index in [1.807, 2.05) is 24.3 Å². The zero-order valence-corrected chi connectivity index (χ0v) is 15.6. The fourth-order valence-electron chi connectivity index (χ4n) is 2.00. The SMILES string of the molecule is COc1ccc(-c2nnc(N(CCCBr)CCCBr)o2)cc1. The van der Waals surface area contributed by atoms with Gasteiger partial charge in [0.25, 0.3) is 0 Å². The summed E-state index contributed by atoms with van der Waals surface area (Å²) in [4.78, 5) is 2.13. The van der Waals surface area contributed by atoms with Crippen molar-refractivity contribution >= 4 is 37.9 Å². The molecular weight excluding hydrogens is 414 g/mol. The second kappa shape index (κ2) is 9.15. The molecule has 0 saturated carbocycles. The fourth-order valence-corrected chi connectivity index (χ4v) is 2.50. The van der Waals surface area contributed by atoms with Crippen molar-refractivity contribution in [2.24, 2.45) is 0 Å². The van der Waals surface area contributed by atoms with Crippen LogP contribution < -0.4 is 9.64 Å². The topological polar surface area (TPSA) is 51.4 Å². The highest BCUT2D eigenvalue weighted by Gasteiger charge is 2.15. The van der Waals surface area contributed by atoms with Gasteiger partial charge in [0.15, 0.2) is 0 Å². The Bertz CT molecular complexity index is 552. The molecule has 22 heavy (non-hydrogen) atoms. The molecule has 2 rings (SSSR count). The predicted molar refractivity (Wildman–Crippen MR) is 95.3 cm³/mol. The highest BCUT2D eigenvalue weighted by molar-refractivity contribution is 9.09. The van der Waals surface area contributed by atoms with Gasteiger partial charge in [-0.3, -0.25) is 0 Å². The number of aromatic nitrogens is 2. The summed E-state index contributed by atoms with van der Waals surface area (Å²) in [6.45, 7) is 1.78. The molecule has 120 valence electrons. The summed E-state index contributed by atoms with van der Waals surface area (Å²) in [5, 5.41) is 10.3. The third kappa shape index (κ3) is 4.71. The second-order valence-corrected chi connectivity index (χ2v) is 6.28. The molecule has 0 aliphatic heterocycles. The van der Waals surface area contributed by atoms with Gasteiger partial charge in [-0.1, -0.05) is 37.0 Å². The van der Waals surface area contributed by atoms with Gasteiger partial charge >= 0.3 is 6.01 Å². The molecule has 0 atom stereocenters. The van der Waals surface area contributed by atoms with Crippen molar-refractivity contribution in [3.05, 3.63) is 24.3 Å². The normalized spacial score (nSPS) is 10.7. The van der Waals surface area contributed by atoms with E-state index in [1.54, 1.807) is 7.11 Å². The number of anilines is 1. The third-order valence-corrected chi connectivity index (χ3v) is 4.27. The van der Waals surface area contributed by atoms with Crippen LogP contribution >= 0.6 is 31.9 Å². The van der Waals surface area contributed by atoms with E-state index in [-0.39, 0.29) is 0 Å². The third-order valence-electron chi connectivity index (χ3n) is 3.15. The average Bonchev–Trinajstić information content (AvgIpc) is 3.05. The van der Waals surface area contributed by atoms with Gasteiger partial charge in [0.05, 0.1) is 7.11 Å². The summed E-state index contributed by atoms with van der Waals surface area (Å²) in [5.74, 6) is 1.33. The molecule has 0 amide bonds. The van der Waals surface area contributed by atoms with Gasteiger partial charge < -0.3 is 14.1 Å². The van der Waals surface area contributed by atoms with Gasteiger partial charge in [-0.2, -0.15) is 0 Å². The number of hydrogen-bond acceptors (Lipinski definition) is 5. The maximum absolute atomic E-state index is 5.83. The Morgan fingerprint density at radius 3 is 2.23 bits per heavy atom. The molecule has 1 aromatic carbocycles. The van der Waals surface area contributed by atoms with Crippen molar-refractivity contribution in [1.29, 1.82) is 0 Å². The van der Waals surface area contributed by atoms with Crippen LogP contribution in [0.1, 0.15) is 12.8 Å². The van der Waals surface area contributed by atoms with E-state index in [0.717, 1.165) is 47.9 Å². The lowest BCUT2D eigenvalue weighted by atomic mass is 10.2. The van der Waals surface area contributed by atoms with Crippen LogP contribution in [-0.4, -0.2) is 41.1 Å². The molecule has 0 fully saturated rings. The average molecular weight is 433 g/mol. The van der Waals surface area contributed by atoms with Crippen molar-refractivity contribution in [2.75, 3.05) is 35.8 Å². The Kier molecular flexibility index (Phi) is 7.18. The van der Waals surface area contributed by atoms with Gasteiger partial charge in [0, 0.05) is 29.3 Å². The summed E-state index contributed by atoms with van der Waals surface area (Å²) >= 11 is 6.92. The summed E-state index contributed by atoms with van der Waals surface area (Å²) in [7, 11) is 1.64. The molecule has 0 radical (unpaired) electrons. The number of hydrogen-bond donors (Lipinski definition) is 0. The van der Waals surface area contributed by atoms with Gasteiger partial charge in [-0.05, 0) is 37.1 Å². The van der Waals surface area contributed by atoms with E-state index in [0.29, 0.717) is 11.9 Å². The Labute approximate surface area is 147 Å². The lowest BCUT2D eigenvalue weighted by Crippen LogP contribution is -2.26. The van der Waals surface area contributed by atoms with Crippen molar-refractivity contribution in [2.45, 2.75) is 12.8 Å². The highest BCUT2D eigenvalue weighted by Crippen LogP contribution is 2.24. The van der Waals surface area contributed by atoms with Crippen LogP contribution in [0.15, 0.2) is 28.7 Å². The molecule has 7 heteroatoms. The van der Waals surface area contributed by atoms with E-state index >= 15 is 0 Å². The predicted octanol–water partition coefficient (Wildman–Crippen LogP) is 4.12. The number of alkyl halides is 2. The number of nitrogens with zero attached hydrogens (tertiary/aromatic N) is 3. The van der Waals surface area contributed by atoms with Crippen molar-refractivity contribution in [3.63, 3.8) is 0 Å². The summed E-state index contributed by atoms with van der Waals surface area (Å²) in [6.07, 6.45) is 2.06. The molecule has 1 heterocycles. The largest absolute Gasteiger partial charge is 0.497 e. The standard InChI is InChI=1S/C15H19Br2N3O2/c1-21-13-6-4-12(5-7-13)14-18-19-15(22-14)20(10-2-8-16)11-3-9-17/h4-7H,2-3,8-11H2,1H3. The van der Waals surface area contributed by atoms with Crippen LogP contribution in [0, 0.1) is 0 Å². The molecule has 0 aliphatic carbocycles. The number of methoxy groups -OCH3 is 1. The summed E-state index contributed by atoms with van der Waals surface area (Å²) in [6, 6.07) is 8.17. The molecule has 5 nitrogen and oxygen atoms in total. The molecule has 0 unspecified atom stereocenters. The smallest absolute Gasteiger partial charge is 0.318 e. The Morgan fingerprint density at radius 1 is 1.05 bits per heavy atom. The minimum absolute atomic E-state index is 0.528. The van der Waals surface area contributed by atoms with E-state index in [9.17, 15) is 0 Å². The number of ether oxygens (including phenoxy) is 1. The quantitative estimate of drug-likeness (QED) is 0.557. The van der Waals surface area contributed by atoms with Crippen LogP contribution in [0.25, 0.3) is 11.5 Å². The minimum Gasteiger partial charge on any atom is -0.497 e. The number of rotatable bonds is 9. The lowest BCUT2D eigenvalue weighted by molar-refractivity contribution is 0.415. The van der Waals surface area contributed by atoms with E-state index < -0.39 is 0 Å². The Balaban J connectivity index is 2.12. The van der Waals surface area contributed by atoms with Gasteiger partial charge in [-0.15, -0.1) is 5.10 Å². The van der Waals surface area contributed by atoms with Crippen LogP contribution in [0.5, 0.6) is 5.75 Å². The monoisotopic (exact) mass is 431 g/mol. The fraction of sp³-hybridized carbons (Fsp3) is 0.467. The van der Waals surface area contributed by atoms with Gasteiger partial charge in [0.1, 0.15) is 5.75 Å². The zero-order chi connectivity index (χ0) is 15.8. The van der Waals surface area contributed by atoms with Crippen molar-refractivity contribution in [1.82, 2.24) is 10.2 Å². The number of halogens is 2. The van der Waals surface area contributed by atoms with Crippen LogP contribution in [-0.2, 0) is 0 Å². The molecule has 1 aromatic heterocycles. The van der Waals surface area contributed by atoms with Crippen LogP contribution in [0.3, 0.4) is 0 Å². The lowest BCUT2D eigenvalue weighted by Gasteiger charge is -2.18. The van der Waals surface area contributed by atoms with E-state index in [2.05, 4.69) is 47.0 Å². The summed E-state index contributed by atoms with van der Waals surface area (Å²) in [5.41, 5.74) is 0.889. The van der Waals surface area contributed by atoms with E-state index in [4.69, 9.17) is 9.15 Å².